The van der Waals surface area contributed by atoms with Gasteiger partial charge in [0.05, 0.1) is 0 Å². The largest absolute Gasteiger partial charge is 0.486 e. The number of benzene rings is 1. The predicted molar refractivity (Wildman–Crippen MR) is 94.3 cm³/mol. The van der Waals surface area contributed by atoms with Gasteiger partial charge in [0, 0.05) is 28.3 Å². The van der Waals surface area contributed by atoms with Crippen molar-refractivity contribution in [2.24, 2.45) is 5.41 Å². The summed E-state index contributed by atoms with van der Waals surface area (Å²) in [4.78, 5) is 0. The van der Waals surface area contributed by atoms with Crippen LogP contribution in [0.3, 0.4) is 0 Å². The summed E-state index contributed by atoms with van der Waals surface area (Å²) in [6.45, 7) is 7.90. The fraction of sp³-hybridized carbons (Fsp3) is 0.647. The summed E-state index contributed by atoms with van der Waals surface area (Å²) >= 11 is 5.62. The number of ether oxygens (including phenoxy) is 1. The first kappa shape index (κ1) is 15.7. The summed E-state index contributed by atoms with van der Waals surface area (Å²) in [5, 5.41) is 3.65. The van der Waals surface area contributed by atoms with Crippen molar-refractivity contribution in [2.45, 2.75) is 45.3 Å². The van der Waals surface area contributed by atoms with E-state index in [-0.39, 0.29) is 5.60 Å². The number of hydrogen-bond acceptors (Lipinski definition) is 3. The molecule has 1 spiro atoms. The maximum absolute atomic E-state index is 6.56. The fourth-order valence-electron chi connectivity index (χ4n) is 3.75. The van der Waals surface area contributed by atoms with Crippen molar-refractivity contribution in [1.82, 2.24) is 5.32 Å². The van der Waals surface area contributed by atoms with Crippen LogP contribution in [0.1, 0.15) is 45.2 Å². The Labute approximate surface area is 140 Å². The number of hydrogen-bond donors (Lipinski definition) is 1. The number of halogens is 1. The number of nitrogens with one attached hydrogen (secondary N) is 1. The van der Waals surface area contributed by atoms with E-state index in [1.54, 1.807) is 0 Å². The van der Waals surface area contributed by atoms with Crippen LogP contribution in [0.2, 0.25) is 0 Å². The fourth-order valence-corrected chi connectivity index (χ4v) is 5.50. The van der Waals surface area contributed by atoms with Crippen molar-refractivity contribution in [3.05, 3.63) is 28.2 Å². The third kappa shape index (κ3) is 3.27. The molecule has 1 fully saturated rings. The summed E-state index contributed by atoms with van der Waals surface area (Å²) in [6.07, 6.45) is 2.22. The van der Waals surface area contributed by atoms with Crippen LogP contribution in [-0.4, -0.2) is 23.7 Å². The standard InChI is InChI=1S/C17H24BrNOS/c1-4-19-14-8-17(9-16(2,3)10-21-11-17)20-15-7-12(18)5-6-13(14)15/h5-7,14,19H,4,8-11H2,1-3H3. The molecule has 1 saturated heterocycles. The number of fused-ring (bicyclic) bond motifs is 1. The second-order valence-electron chi connectivity index (χ2n) is 7.12. The van der Waals surface area contributed by atoms with Crippen LogP contribution in [0.15, 0.2) is 22.7 Å². The van der Waals surface area contributed by atoms with E-state index in [1.165, 1.54) is 11.3 Å². The van der Waals surface area contributed by atoms with Gasteiger partial charge in [0.15, 0.2) is 0 Å². The lowest BCUT2D eigenvalue weighted by Crippen LogP contribution is -2.51. The molecule has 2 atom stereocenters. The second kappa shape index (κ2) is 5.78. The van der Waals surface area contributed by atoms with Gasteiger partial charge in [-0.3, -0.25) is 0 Å². The van der Waals surface area contributed by atoms with Crippen LogP contribution in [0.5, 0.6) is 5.75 Å². The molecule has 4 heteroatoms. The highest BCUT2D eigenvalue weighted by atomic mass is 79.9. The van der Waals surface area contributed by atoms with E-state index in [0.29, 0.717) is 11.5 Å². The molecule has 1 aromatic carbocycles. The van der Waals surface area contributed by atoms with Crippen molar-refractivity contribution < 1.29 is 4.74 Å². The molecule has 2 aliphatic rings. The van der Waals surface area contributed by atoms with Crippen LogP contribution >= 0.6 is 27.7 Å². The van der Waals surface area contributed by atoms with Gasteiger partial charge in [-0.1, -0.05) is 42.8 Å². The van der Waals surface area contributed by atoms with E-state index in [9.17, 15) is 0 Å². The van der Waals surface area contributed by atoms with E-state index in [1.807, 2.05) is 11.8 Å². The first-order valence-corrected chi connectivity index (χ1v) is 9.67. The third-order valence-electron chi connectivity index (χ3n) is 4.36. The van der Waals surface area contributed by atoms with Crippen LogP contribution in [-0.2, 0) is 0 Å². The van der Waals surface area contributed by atoms with Crippen LogP contribution in [0, 0.1) is 5.41 Å². The van der Waals surface area contributed by atoms with E-state index < -0.39 is 0 Å². The monoisotopic (exact) mass is 369 g/mol. The van der Waals surface area contributed by atoms with Gasteiger partial charge in [-0.25, -0.2) is 0 Å². The van der Waals surface area contributed by atoms with Crippen molar-refractivity contribution in [2.75, 3.05) is 18.1 Å². The molecule has 1 N–H and O–H groups in total. The SMILES string of the molecule is CCNC1CC2(CSCC(C)(C)C2)Oc2cc(Br)ccc21. The highest BCUT2D eigenvalue weighted by Crippen LogP contribution is 2.49. The summed E-state index contributed by atoms with van der Waals surface area (Å²) in [5.41, 5.74) is 1.63. The molecule has 116 valence electrons. The van der Waals surface area contributed by atoms with E-state index in [0.717, 1.165) is 35.4 Å². The average molecular weight is 370 g/mol. The molecule has 2 aliphatic heterocycles. The van der Waals surface area contributed by atoms with Crippen molar-refractivity contribution >= 4 is 27.7 Å². The number of thioether (sulfide) groups is 1. The molecule has 0 amide bonds. The Balaban J connectivity index is 1.96. The van der Waals surface area contributed by atoms with Gasteiger partial charge < -0.3 is 10.1 Å². The predicted octanol–water partition coefficient (Wildman–Crippen LogP) is 4.78. The molecule has 2 unspecified atom stereocenters. The highest BCUT2D eigenvalue weighted by Gasteiger charge is 2.47. The Hall–Kier alpha value is -0.190. The molecule has 2 nitrogen and oxygen atoms in total. The van der Waals surface area contributed by atoms with Gasteiger partial charge >= 0.3 is 0 Å². The Kier molecular flexibility index (Phi) is 4.32. The van der Waals surface area contributed by atoms with Gasteiger partial charge in [0.2, 0.25) is 0 Å². The number of rotatable bonds is 2. The lowest BCUT2D eigenvalue weighted by molar-refractivity contribution is 0.0121. The summed E-state index contributed by atoms with van der Waals surface area (Å²) in [5.74, 6) is 3.39. The molecule has 2 heterocycles. The lowest BCUT2D eigenvalue weighted by atomic mass is 9.76. The molecule has 0 aliphatic carbocycles. The van der Waals surface area contributed by atoms with Gasteiger partial charge in [0.25, 0.3) is 0 Å². The molecule has 0 radical (unpaired) electrons. The van der Waals surface area contributed by atoms with E-state index in [4.69, 9.17) is 4.74 Å². The zero-order valence-corrected chi connectivity index (χ0v) is 15.4. The maximum atomic E-state index is 6.56. The van der Waals surface area contributed by atoms with Crippen LogP contribution in [0.25, 0.3) is 0 Å². The van der Waals surface area contributed by atoms with Crippen LogP contribution in [0.4, 0.5) is 0 Å². The zero-order chi connectivity index (χ0) is 15.1. The Morgan fingerprint density at radius 2 is 2.19 bits per heavy atom. The molecule has 0 bridgehead atoms. The lowest BCUT2D eigenvalue weighted by Gasteiger charge is -2.49. The molecular formula is C17H24BrNOS. The van der Waals surface area contributed by atoms with E-state index in [2.05, 4.69) is 60.2 Å². The highest BCUT2D eigenvalue weighted by molar-refractivity contribution is 9.10. The topological polar surface area (TPSA) is 21.3 Å². The minimum absolute atomic E-state index is 0.0208. The zero-order valence-electron chi connectivity index (χ0n) is 13.0. The van der Waals surface area contributed by atoms with Gasteiger partial charge in [0.1, 0.15) is 11.4 Å². The smallest absolute Gasteiger partial charge is 0.126 e. The molecule has 0 saturated carbocycles. The second-order valence-corrected chi connectivity index (χ2v) is 9.02. The minimum atomic E-state index is -0.0208. The Morgan fingerprint density at radius 3 is 2.90 bits per heavy atom. The maximum Gasteiger partial charge on any atom is 0.126 e. The molecule has 3 rings (SSSR count). The van der Waals surface area contributed by atoms with Gasteiger partial charge in [-0.15, -0.1) is 0 Å². The first-order valence-electron chi connectivity index (χ1n) is 7.73. The Bertz CT molecular complexity index is 534. The summed E-state index contributed by atoms with van der Waals surface area (Å²) in [6, 6.07) is 6.85. The normalized spacial score (nSPS) is 30.8. The quantitative estimate of drug-likeness (QED) is 0.809. The van der Waals surface area contributed by atoms with Gasteiger partial charge in [-0.2, -0.15) is 11.8 Å². The first-order chi connectivity index (χ1) is 9.93. The minimum Gasteiger partial charge on any atom is -0.486 e. The van der Waals surface area contributed by atoms with Crippen molar-refractivity contribution in [3.63, 3.8) is 0 Å². The van der Waals surface area contributed by atoms with Crippen molar-refractivity contribution in [1.29, 1.82) is 0 Å². The average Bonchev–Trinajstić information content (AvgIpc) is 2.36. The molecular weight excluding hydrogens is 346 g/mol. The van der Waals surface area contributed by atoms with Gasteiger partial charge in [-0.05, 0) is 36.3 Å². The Morgan fingerprint density at radius 1 is 1.38 bits per heavy atom. The third-order valence-corrected chi connectivity index (χ3v) is 6.57. The molecule has 0 aromatic heterocycles. The van der Waals surface area contributed by atoms with E-state index >= 15 is 0 Å². The summed E-state index contributed by atoms with van der Waals surface area (Å²) < 4.78 is 7.66. The van der Waals surface area contributed by atoms with Crippen LogP contribution < -0.4 is 10.1 Å². The molecule has 1 aromatic rings. The summed E-state index contributed by atoms with van der Waals surface area (Å²) in [7, 11) is 0. The molecule has 21 heavy (non-hydrogen) atoms. The van der Waals surface area contributed by atoms with Crippen molar-refractivity contribution in [3.8, 4) is 5.75 Å².